The number of hydrogen-bond donors (Lipinski definition) is 0. The highest BCUT2D eigenvalue weighted by atomic mass is 15.2. The molecule has 0 aromatic heterocycles. The number of hydrogen-bond acceptors (Lipinski definition) is 4. The van der Waals surface area contributed by atoms with Crippen molar-refractivity contribution in [3.8, 4) is 0 Å². The highest BCUT2D eigenvalue weighted by Crippen LogP contribution is 1.70. The maximum atomic E-state index is 3.53. The van der Waals surface area contributed by atoms with Crippen LogP contribution in [0.15, 0.2) is 20.4 Å². The van der Waals surface area contributed by atoms with Crippen LogP contribution in [-0.4, -0.2) is 24.9 Å². The van der Waals surface area contributed by atoms with Crippen molar-refractivity contribution in [2.75, 3.05) is 0 Å². The summed E-state index contributed by atoms with van der Waals surface area (Å²) < 4.78 is 0. The second-order valence-corrected chi connectivity index (χ2v) is 1.06. The highest BCUT2D eigenvalue weighted by Gasteiger charge is 1.68. The smallest absolute Gasteiger partial charge is 0.0697 e. The highest BCUT2D eigenvalue weighted by molar-refractivity contribution is 6.19. The van der Waals surface area contributed by atoms with Gasteiger partial charge >= 0.3 is 0 Å². The van der Waals surface area contributed by atoms with E-state index in [0.29, 0.717) is 0 Å². The standard InChI is InChI=1S/C4H4N4/c1-2-6-8-4-3-7-5-1/h1-4H/b2-1?,4-3?,5-1-,6-2-,7-3-,7-5?,8-4-,8-6?. The Kier molecular flexibility index (Phi) is 1.68. The zero-order chi connectivity index (χ0) is 5.66. The van der Waals surface area contributed by atoms with Crippen molar-refractivity contribution in [1.29, 1.82) is 0 Å². The quantitative estimate of drug-likeness (QED) is 0.423. The monoisotopic (exact) mass is 108 g/mol. The molecule has 1 heterocycles. The molecule has 8 heavy (non-hydrogen) atoms. The largest absolute Gasteiger partial charge is 0.157 e. The van der Waals surface area contributed by atoms with Crippen LogP contribution < -0.4 is 0 Å². The molecule has 0 spiro atoms. The van der Waals surface area contributed by atoms with Crippen LogP contribution in [0.25, 0.3) is 0 Å². The number of rotatable bonds is 0. The first-order valence-electron chi connectivity index (χ1n) is 2.10. The topological polar surface area (TPSA) is 49.4 Å². The van der Waals surface area contributed by atoms with Crippen molar-refractivity contribution < 1.29 is 0 Å². The van der Waals surface area contributed by atoms with Crippen LogP contribution in [0.1, 0.15) is 0 Å². The van der Waals surface area contributed by atoms with E-state index < -0.39 is 0 Å². The first-order valence-corrected chi connectivity index (χ1v) is 2.10. The van der Waals surface area contributed by atoms with E-state index in [-0.39, 0.29) is 0 Å². The predicted molar refractivity (Wildman–Crippen MR) is 34.0 cm³/mol. The average Bonchev–Trinajstić information content (AvgIpc) is 1.62. The lowest BCUT2D eigenvalue weighted by Crippen LogP contribution is -1.79. The van der Waals surface area contributed by atoms with Gasteiger partial charge in [0.2, 0.25) is 0 Å². The van der Waals surface area contributed by atoms with E-state index in [4.69, 9.17) is 0 Å². The third kappa shape index (κ3) is 1.42. The summed E-state index contributed by atoms with van der Waals surface area (Å²) in [6, 6.07) is 0. The van der Waals surface area contributed by atoms with Gasteiger partial charge in [-0.2, -0.15) is 20.4 Å². The van der Waals surface area contributed by atoms with Gasteiger partial charge in [0.25, 0.3) is 0 Å². The van der Waals surface area contributed by atoms with Crippen LogP contribution in [0.2, 0.25) is 0 Å². The Bertz CT molecular complexity index is 109. The fraction of sp³-hybridized carbons (Fsp3) is 0. The summed E-state index contributed by atoms with van der Waals surface area (Å²) in [7, 11) is 0. The SMILES string of the molecule is C1=N\N=C/C=N\N=C/1. The van der Waals surface area contributed by atoms with Crippen molar-refractivity contribution in [3.63, 3.8) is 0 Å². The molecule has 4 heteroatoms. The van der Waals surface area contributed by atoms with Crippen molar-refractivity contribution in [3.05, 3.63) is 0 Å². The Morgan fingerprint density at radius 3 is 1.00 bits per heavy atom. The Morgan fingerprint density at radius 2 is 0.750 bits per heavy atom. The lowest BCUT2D eigenvalue weighted by atomic mass is 10.8. The van der Waals surface area contributed by atoms with E-state index in [1.165, 1.54) is 24.9 Å². The van der Waals surface area contributed by atoms with Crippen LogP contribution in [-0.2, 0) is 0 Å². The van der Waals surface area contributed by atoms with Gasteiger partial charge in [0.15, 0.2) is 0 Å². The van der Waals surface area contributed by atoms with Crippen molar-refractivity contribution in [1.82, 2.24) is 0 Å². The predicted octanol–water partition coefficient (Wildman–Crippen LogP) is 0.113. The summed E-state index contributed by atoms with van der Waals surface area (Å²) in [4.78, 5) is 0. The van der Waals surface area contributed by atoms with Crippen LogP contribution in [0, 0.1) is 0 Å². The molecular weight excluding hydrogens is 104 g/mol. The van der Waals surface area contributed by atoms with Gasteiger partial charge < -0.3 is 0 Å². The molecule has 0 aromatic rings. The summed E-state index contributed by atoms with van der Waals surface area (Å²) in [5.41, 5.74) is 0. The second-order valence-electron chi connectivity index (χ2n) is 1.06. The molecule has 0 amide bonds. The molecule has 0 unspecified atom stereocenters. The molecule has 0 radical (unpaired) electrons. The summed E-state index contributed by atoms with van der Waals surface area (Å²) >= 11 is 0. The first kappa shape index (κ1) is 4.83. The lowest BCUT2D eigenvalue weighted by Gasteiger charge is -1.76. The molecule has 0 aromatic carbocycles. The van der Waals surface area contributed by atoms with E-state index in [2.05, 4.69) is 20.4 Å². The van der Waals surface area contributed by atoms with Crippen LogP contribution in [0.4, 0.5) is 0 Å². The third-order valence-electron chi connectivity index (χ3n) is 0.533. The third-order valence-corrected chi connectivity index (χ3v) is 0.533. The van der Waals surface area contributed by atoms with Gasteiger partial charge in [-0.05, 0) is 0 Å². The normalized spacial score (nSPS) is 32.0. The minimum absolute atomic E-state index is 1.47. The fourth-order valence-corrected chi connectivity index (χ4v) is 0.273. The molecule has 1 rings (SSSR count). The molecule has 0 aliphatic carbocycles. The molecule has 1 aliphatic heterocycles. The second kappa shape index (κ2) is 2.79. The molecule has 0 fully saturated rings. The van der Waals surface area contributed by atoms with E-state index in [0.717, 1.165) is 0 Å². The van der Waals surface area contributed by atoms with Crippen LogP contribution in [0.5, 0.6) is 0 Å². The lowest BCUT2D eigenvalue weighted by molar-refractivity contribution is 1.25. The van der Waals surface area contributed by atoms with Gasteiger partial charge in [-0.3, -0.25) is 0 Å². The summed E-state index contributed by atoms with van der Waals surface area (Å²) in [5.74, 6) is 0. The van der Waals surface area contributed by atoms with E-state index >= 15 is 0 Å². The van der Waals surface area contributed by atoms with Crippen molar-refractivity contribution in [2.45, 2.75) is 0 Å². The Balaban J connectivity index is 2.67. The Labute approximate surface area is 46.3 Å². The van der Waals surface area contributed by atoms with E-state index in [1.54, 1.807) is 0 Å². The molecule has 0 N–H and O–H groups in total. The minimum Gasteiger partial charge on any atom is -0.157 e. The van der Waals surface area contributed by atoms with Crippen LogP contribution >= 0.6 is 0 Å². The molecule has 1 aliphatic rings. The first-order chi connectivity index (χ1) is 4.00. The van der Waals surface area contributed by atoms with Gasteiger partial charge in [-0.1, -0.05) is 0 Å². The molecular formula is C4H4N4. The molecule has 0 atom stereocenters. The van der Waals surface area contributed by atoms with Crippen LogP contribution in [0.3, 0.4) is 0 Å². The molecule has 0 bridgehead atoms. The summed E-state index contributed by atoms with van der Waals surface area (Å²) in [6.45, 7) is 0. The fourth-order valence-electron chi connectivity index (χ4n) is 0.273. The van der Waals surface area contributed by atoms with E-state index in [1.807, 2.05) is 0 Å². The summed E-state index contributed by atoms with van der Waals surface area (Å²) in [5, 5.41) is 14.1. The summed E-state index contributed by atoms with van der Waals surface area (Å²) in [6.07, 6.45) is 5.86. The van der Waals surface area contributed by atoms with Crippen molar-refractivity contribution in [2.24, 2.45) is 20.4 Å². The van der Waals surface area contributed by atoms with Gasteiger partial charge in [0, 0.05) is 0 Å². The maximum absolute atomic E-state index is 3.53. The zero-order valence-electron chi connectivity index (χ0n) is 4.10. The molecule has 4 nitrogen and oxygen atoms in total. The van der Waals surface area contributed by atoms with Gasteiger partial charge in [0.05, 0.1) is 24.9 Å². The average molecular weight is 108 g/mol. The Morgan fingerprint density at radius 1 is 0.500 bits per heavy atom. The number of nitrogens with zero attached hydrogens (tertiary/aromatic N) is 4. The Hall–Kier alpha value is -1.32. The zero-order valence-corrected chi connectivity index (χ0v) is 4.10. The molecule has 0 saturated carbocycles. The minimum atomic E-state index is 1.47. The van der Waals surface area contributed by atoms with Gasteiger partial charge in [-0.15, -0.1) is 0 Å². The molecule has 40 valence electrons. The van der Waals surface area contributed by atoms with E-state index in [9.17, 15) is 0 Å². The van der Waals surface area contributed by atoms with Gasteiger partial charge in [0.1, 0.15) is 0 Å². The molecule has 0 saturated heterocycles. The van der Waals surface area contributed by atoms with Crippen molar-refractivity contribution >= 4 is 24.9 Å². The van der Waals surface area contributed by atoms with Gasteiger partial charge in [-0.25, -0.2) is 0 Å². The maximum Gasteiger partial charge on any atom is 0.0697 e.